The largest absolute Gasteiger partial charge is 0.505 e. The van der Waals surface area contributed by atoms with Gasteiger partial charge in [-0.3, -0.25) is 0 Å². The van der Waals surface area contributed by atoms with Crippen molar-refractivity contribution in [2.24, 2.45) is 0 Å². The Morgan fingerprint density at radius 3 is 2.61 bits per heavy atom. The van der Waals surface area contributed by atoms with Gasteiger partial charge in [0.05, 0.1) is 11.6 Å². The van der Waals surface area contributed by atoms with E-state index in [1.165, 1.54) is 6.20 Å². The summed E-state index contributed by atoms with van der Waals surface area (Å²) in [6.45, 7) is 3.33. The zero-order valence-corrected chi connectivity index (χ0v) is 17.8. The normalized spacial score (nSPS) is 22.9. The minimum Gasteiger partial charge on any atom is -0.505 e. The third-order valence-corrected chi connectivity index (χ3v) is 6.17. The molecule has 176 valence electrons. The van der Waals surface area contributed by atoms with E-state index < -0.39 is 47.5 Å². The van der Waals surface area contributed by atoms with Crippen LogP contribution in [0.2, 0.25) is 0 Å². The van der Waals surface area contributed by atoms with Gasteiger partial charge >= 0.3 is 6.18 Å². The summed E-state index contributed by atoms with van der Waals surface area (Å²) in [6, 6.07) is 2.23. The summed E-state index contributed by atoms with van der Waals surface area (Å²) < 4.78 is 71.3. The van der Waals surface area contributed by atoms with E-state index in [1.54, 1.807) is 13.8 Å². The zero-order valence-electron chi connectivity index (χ0n) is 17.8. The molecular formula is C23H22F5N3O2. The number of halogens is 5. The van der Waals surface area contributed by atoms with Crippen LogP contribution < -0.4 is 5.32 Å². The minimum atomic E-state index is -5.07. The lowest BCUT2D eigenvalue weighted by atomic mass is 9.68. The number of anilines is 1. The molecule has 1 unspecified atom stereocenters. The smallest absolute Gasteiger partial charge is 0.419 e. The summed E-state index contributed by atoms with van der Waals surface area (Å²) in [5, 5.41) is 24.3. The molecule has 33 heavy (non-hydrogen) atoms. The first-order valence-electron chi connectivity index (χ1n) is 10.5. The van der Waals surface area contributed by atoms with Crippen molar-refractivity contribution in [3.8, 4) is 5.75 Å². The number of hydrogen-bond donors (Lipinski definition) is 3. The molecule has 0 saturated heterocycles. The van der Waals surface area contributed by atoms with Crippen molar-refractivity contribution in [2.45, 2.75) is 56.8 Å². The Bertz CT molecular complexity index is 1210. The van der Waals surface area contributed by atoms with E-state index in [9.17, 15) is 32.2 Å². The Morgan fingerprint density at radius 2 is 1.94 bits per heavy atom. The van der Waals surface area contributed by atoms with Gasteiger partial charge in [0.15, 0.2) is 17.2 Å². The Morgan fingerprint density at radius 1 is 1.21 bits per heavy atom. The predicted molar refractivity (Wildman–Crippen MR) is 112 cm³/mol. The lowest BCUT2D eigenvalue weighted by Gasteiger charge is -2.46. The number of phenolic OH excluding ortho intramolecular Hbond substituents is 1. The van der Waals surface area contributed by atoms with E-state index in [4.69, 9.17) is 0 Å². The number of aromatic nitrogens is 2. The number of aryl methyl sites for hydroxylation is 1. The quantitative estimate of drug-likeness (QED) is 0.432. The molecular weight excluding hydrogens is 445 g/mol. The van der Waals surface area contributed by atoms with Crippen LogP contribution in [0.25, 0.3) is 10.9 Å². The van der Waals surface area contributed by atoms with Gasteiger partial charge in [-0.1, -0.05) is 19.4 Å². The number of rotatable bonds is 4. The third kappa shape index (κ3) is 3.86. The van der Waals surface area contributed by atoms with Gasteiger partial charge in [-0.25, -0.2) is 18.7 Å². The van der Waals surface area contributed by atoms with Crippen LogP contribution in [0, 0.1) is 18.6 Å². The first kappa shape index (κ1) is 23.2. The van der Waals surface area contributed by atoms with Gasteiger partial charge in [0, 0.05) is 28.9 Å². The minimum absolute atomic E-state index is 0.0103. The number of aromatic hydroxyl groups is 1. The van der Waals surface area contributed by atoms with Crippen LogP contribution in [0.4, 0.5) is 27.6 Å². The summed E-state index contributed by atoms with van der Waals surface area (Å²) in [6.07, 6.45) is -3.87. The predicted octanol–water partition coefficient (Wildman–Crippen LogP) is 5.66. The fraction of sp³-hybridized carbons (Fsp3) is 0.391. The molecule has 0 bridgehead atoms. The molecule has 2 aromatic carbocycles. The number of nitrogens with zero attached hydrogens (tertiary/aromatic N) is 2. The average Bonchev–Trinajstić information content (AvgIpc) is 2.71. The molecule has 1 aliphatic rings. The van der Waals surface area contributed by atoms with E-state index >= 15 is 0 Å². The molecule has 5 nitrogen and oxygen atoms in total. The van der Waals surface area contributed by atoms with Crippen LogP contribution in [0.15, 0.2) is 30.5 Å². The highest BCUT2D eigenvalue weighted by Gasteiger charge is 2.62. The van der Waals surface area contributed by atoms with Gasteiger partial charge in [-0.2, -0.15) is 13.2 Å². The third-order valence-electron chi connectivity index (χ3n) is 6.17. The van der Waals surface area contributed by atoms with Gasteiger partial charge in [-0.15, -0.1) is 0 Å². The van der Waals surface area contributed by atoms with Crippen LogP contribution in [0.5, 0.6) is 5.75 Å². The molecule has 3 atom stereocenters. The molecule has 3 N–H and O–H groups in total. The number of nitrogens with one attached hydrogen (secondary N) is 1. The lowest BCUT2D eigenvalue weighted by molar-refractivity contribution is -0.273. The molecule has 0 spiro atoms. The average molecular weight is 467 g/mol. The molecule has 4 rings (SSSR count). The highest BCUT2D eigenvalue weighted by atomic mass is 19.4. The number of aliphatic hydroxyl groups is 1. The van der Waals surface area contributed by atoms with Gasteiger partial charge < -0.3 is 15.5 Å². The maximum absolute atomic E-state index is 14.3. The van der Waals surface area contributed by atoms with Crippen molar-refractivity contribution in [1.29, 1.82) is 0 Å². The van der Waals surface area contributed by atoms with E-state index in [0.29, 0.717) is 12.2 Å². The second-order valence-corrected chi connectivity index (χ2v) is 8.39. The molecule has 1 aliphatic carbocycles. The summed E-state index contributed by atoms with van der Waals surface area (Å²) in [4.78, 5) is 8.15. The van der Waals surface area contributed by atoms with Gasteiger partial charge in [0.1, 0.15) is 11.6 Å². The summed E-state index contributed by atoms with van der Waals surface area (Å²) in [5.74, 6) is -3.05. The standard InChI is InChI=1S/C23H22F5N3O2/c1-3-4-12-9-22(33,23(26,27)28)21(14-5-6-16(25)20(32)19(12)14)31-18-8-13(24)7-17-15(18)10-29-11(2)30-17/h5-8,10,12,21,31-33H,3-4,9H2,1-2H3/t12-,21+,22?/m1/s1. The molecule has 0 radical (unpaired) electrons. The molecule has 0 aliphatic heterocycles. The Labute approximate surface area is 186 Å². The first-order chi connectivity index (χ1) is 15.5. The topological polar surface area (TPSA) is 78.3 Å². The molecule has 1 aromatic heterocycles. The van der Waals surface area contributed by atoms with Crippen LogP contribution >= 0.6 is 0 Å². The van der Waals surface area contributed by atoms with Gasteiger partial charge in [0.2, 0.25) is 0 Å². The number of fused-ring (bicyclic) bond motifs is 2. The fourth-order valence-electron chi connectivity index (χ4n) is 4.67. The number of phenols is 1. The molecule has 0 saturated carbocycles. The highest BCUT2D eigenvalue weighted by molar-refractivity contribution is 5.91. The van der Waals surface area contributed by atoms with Gasteiger partial charge in [-0.05, 0) is 43.4 Å². The molecule has 0 fully saturated rings. The molecule has 10 heteroatoms. The molecule has 1 heterocycles. The second kappa shape index (κ2) is 8.09. The van der Waals surface area contributed by atoms with E-state index in [0.717, 1.165) is 24.3 Å². The Hall–Kier alpha value is -3.01. The van der Waals surface area contributed by atoms with Crippen molar-refractivity contribution in [2.75, 3.05) is 5.32 Å². The monoisotopic (exact) mass is 467 g/mol. The van der Waals surface area contributed by atoms with Crippen LogP contribution in [0.3, 0.4) is 0 Å². The zero-order chi connectivity index (χ0) is 24.1. The van der Waals surface area contributed by atoms with Crippen LogP contribution in [-0.4, -0.2) is 32.0 Å². The van der Waals surface area contributed by atoms with E-state index in [1.807, 2.05) is 0 Å². The first-order valence-corrected chi connectivity index (χ1v) is 10.5. The maximum atomic E-state index is 14.3. The van der Waals surface area contributed by atoms with E-state index in [-0.39, 0.29) is 34.1 Å². The SMILES string of the molecule is CCC[C@@H]1CC(O)(C(F)(F)F)[C@@H](Nc2cc(F)cc3nc(C)ncc23)c2ccc(F)c(O)c21. The molecule has 3 aromatic rings. The number of hydrogen-bond acceptors (Lipinski definition) is 5. The van der Waals surface area contributed by atoms with Crippen molar-refractivity contribution in [3.63, 3.8) is 0 Å². The van der Waals surface area contributed by atoms with Crippen molar-refractivity contribution >= 4 is 16.6 Å². The lowest BCUT2D eigenvalue weighted by Crippen LogP contribution is -2.55. The summed E-state index contributed by atoms with van der Waals surface area (Å²) >= 11 is 0. The Balaban J connectivity index is 1.94. The highest BCUT2D eigenvalue weighted by Crippen LogP contribution is 2.55. The van der Waals surface area contributed by atoms with Crippen LogP contribution in [0.1, 0.15) is 55.1 Å². The maximum Gasteiger partial charge on any atom is 0.419 e. The summed E-state index contributed by atoms with van der Waals surface area (Å²) in [5.41, 5.74) is -3.27. The van der Waals surface area contributed by atoms with Crippen molar-refractivity contribution in [3.05, 3.63) is 59.0 Å². The van der Waals surface area contributed by atoms with Crippen LogP contribution in [-0.2, 0) is 0 Å². The van der Waals surface area contributed by atoms with Crippen molar-refractivity contribution in [1.82, 2.24) is 9.97 Å². The second-order valence-electron chi connectivity index (χ2n) is 8.39. The fourth-order valence-corrected chi connectivity index (χ4v) is 4.67. The van der Waals surface area contributed by atoms with Gasteiger partial charge in [0.25, 0.3) is 0 Å². The summed E-state index contributed by atoms with van der Waals surface area (Å²) in [7, 11) is 0. The number of alkyl halides is 3. The van der Waals surface area contributed by atoms with Crippen molar-refractivity contribution < 1.29 is 32.2 Å². The van der Waals surface area contributed by atoms with E-state index in [2.05, 4.69) is 15.3 Å². The Kier molecular flexibility index (Phi) is 5.68. The molecule has 0 amide bonds. The number of benzene rings is 2.